The molecule has 5 atom stereocenters. The molecule has 2 fully saturated rings. The van der Waals surface area contributed by atoms with Crippen molar-refractivity contribution in [2.75, 3.05) is 13.7 Å². The van der Waals surface area contributed by atoms with Crippen LogP contribution in [-0.4, -0.2) is 36.6 Å². The van der Waals surface area contributed by atoms with Gasteiger partial charge in [-0.15, -0.1) is 0 Å². The average molecular weight is 282 g/mol. The summed E-state index contributed by atoms with van der Waals surface area (Å²) in [7, 11) is 1.70. The summed E-state index contributed by atoms with van der Waals surface area (Å²) in [5.74, 6) is 1.31. The van der Waals surface area contributed by atoms with Crippen LogP contribution < -0.4 is 0 Å². The molecule has 1 saturated heterocycles. The Hall–Kier alpha value is -0.380. The number of methoxy groups -OCH3 is 1. The molecule has 116 valence electrons. The number of rotatable bonds is 5. The highest BCUT2D eigenvalue weighted by Gasteiger charge is 2.62. The van der Waals surface area contributed by atoms with E-state index in [2.05, 4.69) is 33.8 Å². The van der Waals surface area contributed by atoms with E-state index in [1.807, 2.05) is 0 Å². The third-order valence-corrected chi connectivity index (χ3v) is 5.11. The summed E-state index contributed by atoms with van der Waals surface area (Å²) in [6.07, 6.45) is 4.87. The van der Waals surface area contributed by atoms with Crippen LogP contribution in [-0.2, 0) is 9.47 Å². The highest BCUT2D eigenvalue weighted by molar-refractivity contribution is 5.22. The first-order chi connectivity index (χ1) is 9.42. The molecule has 0 aromatic carbocycles. The number of aliphatic hydroxyl groups is 1. The van der Waals surface area contributed by atoms with Gasteiger partial charge in [0.15, 0.2) is 0 Å². The largest absolute Gasteiger partial charge is 0.390 e. The molecular formula is C17H30O3. The van der Waals surface area contributed by atoms with Crippen molar-refractivity contribution in [3.63, 3.8) is 0 Å². The van der Waals surface area contributed by atoms with Crippen LogP contribution in [0.3, 0.4) is 0 Å². The molecule has 0 amide bonds. The summed E-state index contributed by atoms with van der Waals surface area (Å²) >= 11 is 0. The van der Waals surface area contributed by atoms with Crippen molar-refractivity contribution in [1.29, 1.82) is 0 Å². The Morgan fingerprint density at radius 1 is 1.50 bits per heavy atom. The number of epoxide rings is 1. The van der Waals surface area contributed by atoms with Crippen LogP contribution >= 0.6 is 0 Å². The van der Waals surface area contributed by atoms with Gasteiger partial charge >= 0.3 is 0 Å². The highest BCUT2D eigenvalue weighted by atomic mass is 16.6. The maximum absolute atomic E-state index is 10.3. The van der Waals surface area contributed by atoms with Crippen LogP contribution in [0.5, 0.6) is 0 Å². The minimum atomic E-state index is -0.386. The molecule has 3 nitrogen and oxygen atoms in total. The monoisotopic (exact) mass is 282 g/mol. The summed E-state index contributed by atoms with van der Waals surface area (Å²) in [4.78, 5) is 0. The van der Waals surface area contributed by atoms with Crippen molar-refractivity contribution in [2.45, 2.75) is 64.8 Å². The van der Waals surface area contributed by atoms with Gasteiger partial charge in [-0.3, -0.25) is 0 Å². The van der Waals surface area contributed by atoms with Crippen LogP contribution in [0.4, 0.5) is 0 Å². The van der Waals surface area contributed by atoms with E-state index in [1.54, 1.807) is 7.11 Å². The summed E-state index contributed by atoms with van der Waals surface area (Å²) in [5.41, 5.74) is 1.24. The summed E-state index contributed by atoms with van der Waals surface area (Å²) in [5, 5.41) is 10.3. The van der Waals surface area contributed by atoms with E-state index in [1.165, 1.54) is 12.0 Å². The third-order valence-electron chi connectivity index (χ3n) is 5.11. The van der Waals surface area contributed by atoms with E-state index in [0.717, 1.165) is 25.4 Å². The van der Waals surface area contributed by atoms with Gasteiger partial charge in [0.05, 0.1) is 18.8 Å². The second-order valence-electron chi connectivity index (χ2n) is 7.05. The van der Waals surface area contributed by atoms with Crippen LogP contribution in [0, 0.1) is 17.8 Å². The Labute approximate surface area is 123 Å². The second kappa shape index (κ2) is 6.17. The SMILES string of the molecule is CO[C@@H]1[C@H](O)C[C@@H](C)[C@]2(CO2)[C@H]1C(C)=CCCC(C)C. The van der Waals surface area contributed by atoms with Crippen molar-refractivity contribution in [3.05, 3.63) is 11.6 Å². The van der Waals surface area contributed by atoms with E-state index in [0.29, 0.717) is 5.92 Å². The molecular weight excluding hydrogens is 252 g/mol. The minimum absolute atomic E-state index is 0.0850. The average Bonchev–Trinajstić information content (AvgIpc) is 3.14. The fraction of sp³-hybridized carbons (Fsp3) is 0.882. The number of hydrogen-bond donors (Lipinski definition) is 1. The normalized spacial score (nSPS) is 41.5. The lowest BCUT2D eigenvalue weighted by Crippen LogP contribution is -2.52. The molecule has 0 aromatic rings. The lowest BCUT2D eigenvalue weighted by atomic mass is 9.67. The maximum Gasteiger partial charge on any atom is 0.103 e. The van der Waals surface area contributed by atoms with Gasteiger partial charge in [-0.1, -0.05) is 32.4 Å². The summed E-state index contributed by atoms with van der Waals surface area (Å²) < 4.78 is 11.5. The van der Waals surface area contributed by atoms with Crippen molar-refractivity contribution >= 4 is 0 Å². The predicted molar refractivity (Wildman–Crippen MR) is 80.6 cm³/mol. The van der Waals surface area contributed by atoms with Gasteiger partial charge in [-0.2, -0.15) is 0 Å². The molecule has 1 N–H and O–H groups in total. The zero-order valence-electron chi connectivity index (χ0n) is 13.6. The fourth-order valence-electron chi connectivity index (χ4n) is 3.76. The highest BCUT2D eigenvalue weighted by Crippen LogP contribution is 2.53. The van der Waals surface area contributed by atoms with Gasteiger partial charge in [0.1, 0.15) is 5.60 Å². The van der Waals surface area contributed by atoms with E-state index in [9.17, 15) is 5.11 Å². The third kappa shape index (κ3) is 2.95. The van der Waals surface area contributed by atoms with Crippen LogP contribution in [0.1, 0.15) is 47.0 Å². The summed E-state index contributed by atoms with van der Waals surface area (Å²) in [6.45, 7) is 9.67. The zero-order chi connectivity index (χ0) is 14.9. The predicted octanol–water partition coefficient (Wildman–Crippen LogP) is 3.17. The molecule has 2 rings (SSSR count). The molecule has 0 bridgehead atoms. The Balaban J connectivity index is 2.15. The van der Waals surface area contributed by atoms with E-state index in [4.69, 9.17) is 9.47 Å². The molecule has 0 radical (unpaired) electrons. The van der Waals surface area contributed by atoms with Crippen molar-refractivity contribution in [1.82, 2.24) is 0 Å². The number of ether oxygens (including phenoxy) is 2. The molecule has 1 heterocycles. The molecule has 20 heavy (non-hydrogen) atoms. The molecule has 1 saturated carbocycles. The quantitative estimate of drug-likeness (QED) is 0.622. The molecule has 0 aromatic heterocycles. The second-order valence-corrected chi connectivity index (χ2v) is 7.05. The molecule has 1 spiro atoms. The Kier molecular flexibility index (Phi) is 4.93. The Morgan fingerprint density at radius 3 is 2.65 bits per heavy atom. The van der Waals surface area contributed by atoms with Crippen LogP contribution in [0.15, 0.2) is 11.6 Å². The van der Waals surface area contributed by atoms with E-state index < -0.39 is 0 Å². The van der Waals surface area contributed by atoms with Gasteiger partial charge in [0, 0.05) is 13.0 Å². The standard InChI is InChI=1S/C17H30O3/c1-11(2)7-6-8-12(3)15-16(19-5)14(18)9-13(4)17(15)10-20-17/h8,11,13-16,18H,6-7,9-10H2,1-5H3/t13-,14-,15+,16-,17-/m1/s1. The molecule has 0 unspecified atom stereocenters. The zero-order valence-corrected chi connectivity index (χ0v) is 13.6. The van der Waals surface area contributed by atoms with Gasteiger partial charge in [-0.05, 0) is 38.0 Å². The van der Waals surface area contributed by atoms with Crippen molar-refractivity contribution in [2.24, 2.45) is 17.8 Å². The fourth-order valence-corrected chi connectivity index (χ4v) is 3.76. The molecule has 2 aliphatic rings. The molecule has 1 aliphatic heterocycles. The summed E-state index contributed by atoms with van der Waals surface area (Å²) in [6, 6.07) is 0. The van der Waals surface area contributed by atoms with Crippen LogP contribution in [0.2, 0.25) is 0 Å². The van der Waals surface area contributed by atoms with Crippen LogP contribution in [0.25, 0.3) is 0 Å². The maximum atomic E-state index is 10.3. The first-order valence-corrected chi connectivity index (χ1v) is 7.93. The first kappa shape index (κ1) is 16.0. The number of allylic oxidation sites excluding steroid dienone is 1. The smallest absolute Gasteiger partial charge is 0.103 e. The van der Waals surface area contributed by atoms with Crippen molar-refractivity contribution < 1.29 is 14.6 Å². The lowest BCUT2D eigenvalue weighted by Gasteiger charge is -2.43. The topological polar surface area (TPSA) is 42.0 Å². The Bertz CT molecular complexity index is 357. The van der Waals surface area contributed by atoms with Gasteiger partial charge in [-0.25, -0.2) is 0 Å². The van der Waals surface area contributed by atoms with Gasteiger partial charge in [0.25, 0.3) is 0 Å². The van der Waals surface area contributed by atoms with Gasteiger partial charge < -0.3 is 14.6 Å². The lowest BCUT2D eigenvalue weighted by molar-refractivity contribution is -0.103. The number of aliphatic hydroxyl groups excluding tert-OH is 1. The number of hydrogen-bond acceptors (Lipinski definition) is 3. The Morgan fingerprint density at radius 2 is 2.15 bits per heavy atom. The molecule has 1 aliphatic carbocycles. The van der Waals surface area contributed by atoms with Crippen molar-refractivity contribution in [3.8, 4) is 0 Å². The minimum Gasteiger partial charge on any atom is -0.390 e. The van der Waals surface area contributed by atoms with E-state index in [-0.39, 0.29) is 23.7 Å². The van der Waals surface area contributed by atoms with E-state index >= 15 is 0 Å². The first-order valence-electron chi connectivity index (χ1n) is 7.93. The van der Waals surface area contributed by atoms with Gasteiger partial charge in [0.2, 0.25) is 0 Å². The molecule has 3 heteroatoms.